The van der Waals surface area contributed by atoms with Crippen LogP contribution >= 0.6 is 0 Å². The lowest BCUT2D eigenvalue weighted by Gasteiger charge is -2.33. The number of benzene rings is 1. The van der Waals surface area contributed by atoms with Crippen LogP contribution in [0.15, 0.2) is 24.3 Å². The van der Waals surface area contributed by atoms with Gasteiger partial charge in [0, 0.05) is 17.8 Å². The summed E-state index contributed by atoms with van der Waals surface area (Å²) in [5.74, 6) is -1.01. The quantitative estimate of drug-likeness (QED) is 0.434. The third kappa shape index (κ3) is 7.02. The Labute approximate surface area is 175 Å². The Morgan fingerprint density at radius 1 is 1.10 bits per heavy atom. The van der Waals surface area contributed by atoms with Crippen LogP contribution in [0.2, 0.25) is 0 Å². The van der Waals surface area contributed by atoms with Crippen molar-refractivity contribution in [1.82, 2.24) is 10.6 Å². The highest BCUT2D eigenvalue weighted by Gasteiger charge is 2.39. The zero-order chi connectivity index (χ0) is 23.1. The second kappa shape index (κ2) is 10.0. The molecule has 0 fully saturated rings. The monoisotopic (exact) mass is 422 g/mol. The van der Waals surface area contributed by atoms with Crippen LogP contribution in [0.5, 0.6) is 0 Å². The van der Waals surface area contributed by atoms with Gasteiger partial charge in [0.1, 0.15) is 17.2 Å². The smallest absolute Gasteiger partial charge is 0.408 e. The molecule has 0 radical (unpaired) electrons. The van der Waals surface area contributed by atoms with Gasteiger partial charge < -0.3 is 20.7 Å². The lowest BCUT2D eigenvalue weighted by Crippen LogP contribution is -2.61. The van der Waals surface area contributed by atoms with Crippen molar-refractivity contribution in [3.05, 3.63) is 34.4 Å². The molecule has 10 heteroatoms. The van der Waals surface area contributed by atoms with Crippen molar-refractivity contribution in [2.75, 3.05) is 5.32 Å². The van der Waals surface area contributed by atoms with E-state index < -0.39 is 40.0 Å². The van der Waals surface area contributed by atoms with Gasteiger partial charge in [0.05, 0.1) is 4.92 Å². The minimum atomic E-state index is -1.23. The summed E-state index contributed by atoms with van der Waals surface area (Å²) in [4.78, 5) is 47.6. The summed E-state index contributed by atoms with van der Waals surface area (Å²) in [6, 6.07) is 4.42. The molecule has 0 saturated heterocycles. The average molecular weight is 422 g/mol. The largest absolute Gasteiger partial charge is 0.444 e. The van der Waals surface area contributed by atoms with Crippen molar-refractivity contribution >= 4 is 29.3 Å². The number of nitro groups is 1. The lowest BCUT2D eigenvalue weighted by atomic mass is 9.91. The predicted octanol–water partition coefficient (Wildman–Crippen LogP) is 3.12. The number of ether oxygens (including phenoxy) is 1. The number of rotatable bonds is 8. The second-order valence-corrected chi connectivity index (χ2v) is 7.90. The van der Waals surface area contributed by atoms with E-state index in [1.165, 1.54) is 31.2 Å². The molecule has 0 spiro atoms. The van der Waals surface area contributed by atoms with E-state index in [1.54, 1.807) is 34.6 Å². The maximum atomic E-state index is 12.9. The summed E-state index contributed by atoms with van der Waals surface area (Å²) >= 11 is 0. The summed E-state index contributed by atoms with van der Waals surface area (Å²) < 4.78 is 5.25. The molecule has 0 aliphatic heterocycles. The Hall–Kier alpha value is -3.17. The Morgan fingerprint density at radius 2 is 1.63 bits per heavy atom. The third-order valence-corrected chi connectivity index (χ3v) is 4.47. The van der Waals surface area contributed by atoms with Crippen molar-refractivity contribution < 1.29 is 24.0 Å². The molecule has 1 aromatic carbocycles. The summed E-state index contributed by atoms with van der Waals surface area (Å²) in [6.45, 7) is 10.2. The molecular weight excluding hydrogens is 392 g/mol. The molecule has 0 aliphatic carbocycles. The van der Waals surface area contributed by atoms with Gasteiger partial charge in [-0.1, -0.05) is 13.8 Å². The highest BCUT2D eigenvalue weighted by Crippen LogP contribution is 2.19. The molecule has 0 aromatic heterocycles. The Balaban J connectivity index is 2.81. The number of nitrogens with zero attached hydrogens (tertiary/aromatic N) is 1. The zero-order valence-corrected chi connectivity index (χ0v) is 18.2. The van der Waals surface area contributed by atoms with Crippen LogP contribution in [0.3, 0.4) is 0 Å². The number of carbonyl (C=O) groups excluding carboxylic acids is 3. The number of hydrogen-bond donors (Lipinski definition) is 3. The van der Waals surface area contributed by atoms with Gasteiger partial charge in [-0.15, -0.1) is 0 Å². The third-order valence-electron chi connectivity index (χ3n) is 4.47. The first-order valence-electron chi connectivity index (χ1n) is 9.71. The van der Waals surface area contributed by atoms with Gasteiger partial charge in [0.15, 0.2) is 0 Å². The number of nitrogens with one attached hydrogen (secondary N) is 3. The predicted molar refractivity (Wildman–Crippen MR) is 112 cm³/mol. The molecule has 3 N–H and O–H groups in total. The minimum Gasteiger partial charge on any atom is -0.444 e. The number of anilines is 1. The topological polar surface area (TPSA) is 140 Å². The number of alkyl carbamates (subject to hydrolysis) is 1. The number of carbonyl (C=O) groups is 3. The van der Waals surface area contributed by atoms with Crippen LogP contribution in [0.1, 0.15) is 54.4 Å². The van der Waals surface area contributed by atoms with Gasteiger partial charge in [0.2, 0.25) is 11.8 Å². The molecule has 0 saturated carbocycles. The fourth-order valence-electron chi connectivity index (χ4n) is 2.62. The van der Waals surface area contributed by atoms with E-state index >= 15 is 0 Å². The van der Waals surface area contributed by atoms with Crippen molar-refractivity contribution in [3.8, 4) is 0 Å². The van der Waals surface area contributed by atoms with Gasteiger partial charge in [-0.25, -0.2) is 4.79 Å². The molecule has 1 atom stereocenters. The number of non-ortho nitro benzene ring substituents is 1. The minimum absolute atomic E-state index is 0.0988. The molecule has 1 aromatic rings. The summed E-state index contributed by atoms with van der Waals surface area (Å²) in [6.07, 6.45) is -0.124. The van der Waals surface area contributed by atoms with E-state index in [2.05, 4.69) is 16.0 Å². The van der Waals surface area contributed by atoms with Crippen molar-refractivity contribution in [1.29, 1.82) is 0 Å². The molecule has 0 aliphatic rings. The van der Waals surface area contributed by atoms with Gasteiger partial charge in [-0.2, -0.15) is 0 Å². The second-order valence-electron chi connectivity index (χ2n) is 7.90. The van der Waals surface area contributed by atoms with Crippen molar-refractivity contribution in [2.45, 2.75) is 71.6 Å². The van der Waals surface area contributed by atoms with E-state index in [0.717, 1.165) is 0 Å². The lowest BCUT2D eigenvalue weighted by molar-refractivity contribution is -0.384. The maximum Gasteiger partial charge on any atom is 0.408 e. The van der Waals surface area contributed by atoms with Crippen LogP contribution in [-0.4, -0.2) is 40.0 Å². The molecule has 30 heavy (non-hydrogen) atoms. The Kier molecular flexibility index (Phi) is 8.32. The highest BCUT2D eigenvalue weighted by atomic mass is 16.6. The van der Waals surface area contributed by atoms with E-state index in [9.17, 15) is 24.5 Å². The first-order chi connectivity index (χ1) is 13.8. The maximum absolute atomic E-state index is 12.9. The Bertz CT molecular complexity index is 781. The molecule has 1 rings (SSSR count). The number of hydrogen-bond acceptors (Lipinski definition) is 6. The van der Waals surface area contributed by atoms with Gasteiger partial charge >= 0.3 is 6.09 Å². The van der Waals surface area contributed by atoms with E-state index in [-0.39, 0.29) is 5.69 Å². The average Bonchev–Trinajstić information content (AvgIpc) is 2.64. The first kappa shape index (κ1) is 24.9. The number of nitro benzene ring substituents is 1. The fraction of sp³-hybridized carbons (Fsp3) is 0.550. The van der Waals surface area contributed by atoms with Crippen LogP contribution in [0.25, 0.3) is 0 Å². The van der Waals surface area contributed by atoms with Gasteiger partial charge in [-0.05, 0) is 52.7 Å². The molecule has 10 nitrogen and oxygen atoms in total. The van der Waals surface area contributed by atoms with E-state index in [1.807, 2.05) is 0 Å². The number of amides is 3. The summed E-state index contributed by atoms with van der Waals surface area (Å²) in [5, 5.41) is 18.5. The SMILES string of the molecule is CCC(CC)(NC(=O)OC(C)(C)C)C(=O)N[C@@H](C)C(=O)Nc1ccc([N+](=O)[O-])cc1. The molecule has 0 heterocycles. The van der Waals surface area contributed by atoms with Crippen LogP contribution < -0.4 is 16.0 Å². The molecule has 0 unspecified atom stereocenters. The molecule has 3 amide bonds. The molecular formula is C20H30N4O6. The molecule has 0 bridgehead atoms. The normalized spacial score (nSPS) is 12.5. The van der Waals surface area contributed by atoms with Gasteiger partial charge in [0.25, 0.3) is 5.69 Å². The van der Waals surface area contributed by atoms with E-state index in [4.69, 9.17) is 4.74 Å². The first-order valence-corrected chi connectivity index (χ1v) is 9.71. The highest BCUT2D eigenvalue weighted by molar-refractivity contribution is 5.99. The van der Waals surface area contributed by atoms with Crippen LogP contribution in [-0.2, 0) is 14.3 Å². The van der Waals surface area contributed by atoms with Gasteiger partial charge in [-0.3, -0.25) is 19.7 Å². The molecule has 166 valence electrons. The fourth-order valence-corrected chi connectivity index (χ4v) is 2.62. The summed E-state index contributed by atoms with van der Waals surface area (Å²) in [5.41, 5.74) is -1.69. The standard InChI is InChI=1S/C20H30N4O6/c1-7-20(8-2,23-18(27)30-19(4,5)6)17(26)21-13(3)16(25)22-14-9-11-15(12-10-14)24(28)29/h9-13H,7-8H2,1-6H3,(H,21,26)(H,22,25)(H,23,27)/t13-/m0/s1. The van der Waals surface area contributed by atoms with Crippen LogP contribution in [0, 0.1) is 10.1 Å². The van der Waals surface area contributed by atoms with Crippen LogP contribution in [0.4, 0.5) is 16.2 Å². The van der Waals surface area contributed by atoms with Crippen molar-refractivity contribution in [3.63, 3.8) is 0 Å². The Morgan fingerprint density at radius 3 is 2.07 bits per heavy atom. The zero-order valence-electron chi connectivity index (χ0n) is 18.2. The van der Waals surface area contributed by atoms with E-state index in [0.29, 0.717) is 18.5 Å². The van der Waals surface area contributed by atoms with Crippen molar-refractivity contribution in [2.24, 2.45) is 0 Å². The summed E-state index contributed by atoms with van der Waals surface area (Å²) in [7, 11) is 0.